The van der Waals surface area contributed by atoms with E-state index < -0.39 is 0 Å². The average molecular weight is 228 g/mol. The zero-order valence-corrected chi connectivity index (χ0v) is 9.13. The van der Waals surface area contributed by atoms with E-state index in [9.17, 15) is 4.39 Å². The van der Waals surface area contributed by atoms with Crippen LogP contribution in [0.4, 0.5) is 10.2 Å². The van der Waals surface area contributed by atoms with E-state index in [0.29, 0.717) is 11.5 Å². The van der Waals surface area contributed by atoms with Gasteiger partial charge in [0.05, 0.1) is 5.69 Å². The Morgan fingerprint density at radius 3 is 2.35 bits per heavy atom. The van der Waals surface area contributed by atoms with Gasteiger partial charge in [0.2, 0.25) is 0 Å². The molecule has 1 aromatic heterocycles. The fourth-order valence-corrected chi connectivity index (χ4v) is 1.33. The minimum atomic E-state index is -0.289. The van der Waals surface area contributed by atoms with E-state index in [4.69, 9.17) is 5.26 Å². The lowest BCUT2D eigenvalue weighted by atomic mass is 10.1. The number of hydrogen-bond donors (Lipinski definition) is 0. The third-order valence-corrected chi connectivity index (χ3v) is 2.28. The maximum atomic E-state index is 12.7. The number of benzene rings is 1. The van der Waals surface area contributed by atoms with Crippen LogP contribution in [-0.2, 0) is 0 Å². The van der Waals surface area contributed by atoms with Gasteiger partial charge in [-0.05, 0) is 36.4 Å². The molecule has 0 spiro atoms. The molecular formula is C12H9FN4. The third kappa shape index (κ3) is 2.37. The number of hydrogen-bond acceptors (Lipinski definition) is 4. The van der Waals surface area contributed by atoms with E-state index in [0.717, 1.165) is 5.56 Å². The second kappa shape index (κ2) is 4.58. The normalized spacial score (nSPS) is 9.71. The molecule has 1 heterocycles. The van der Waals surface area contributed by atoms with Crippen molar-refractivity contribution in [3.05, 3.63) is 42.2 Å². The zero-order chi connectivity index (χ0) is 12.3. The summed E-state index contributed by atoms with van der Waals surface area (Å²) in [6, 6.07) is 9.43. The first-order chi connectivity index (χ1) is 8.20. The molecule has 4 nitrogen and oxygen atoms in total. The van der Waals surface area contributed by atoms with Crippen molar-refractivity contribution in [2.24, 2.45) is 0 Å². The largest absolute Gasteiger partial charge is 0.265 e. The topological polar surface area (TPSA) is 52.8 Å². The predicted molar refractivity (Wildman–Crippen MR) is 61.4 cm³/mol. The van der Waals surface area contributed by atoms with Gasteiger partial charge in [0, 0.05) is 12.6 Å². The Kier molecular flexibility index (Phi) is 2.97. The fourth-order valence-electron chi connectivity index (χ4n) is 1.33. The fraction of sp³-hybridized carbons (Fsp3) is 0.0833. The summed E-state index contributed by atoms with van der Waals surface area (Å²) in [6.45, 7) is 0. The number of anilines is 1. The van der Waals surface area contributed by atoms with E-state index in [2.05, 4.69) is 10.2 Å². The van der Waals surface area contributed by atoms with Crippen LogP contribution in [0, 0.1) is 17.3 Å². The Morgan fingerprint density at radius 1 is 1.12 bits per heavy atom. The number of rotatable bonds is 2. The molecule has 0 amide bonds. The van der Waals surface area contributed by atoms with Crippen molar-refractivity contribution >= 4 is 5.82 Å². The number of nitrogens with zero attached hydrogens (tertiary/aromatic N) is 4. The third-order valence-electron chi connectivity index (χ3n) is 2.28. The Balaban J connectivity index is 2.30. The maximum absolute atomic E-state index is 12.7. The van der Waals surface area contributed by atoms with E-state index in [1.54, 1.807) is 31.3 Å². The van der Waals surface area contributed by atoms with Crippen LogP contribution in [0.3, 0.4) is 0 Å². The molecule has 0 saturated heterocycles. The van der Waals surface area contributed by atoms with E-state index in [1.165, 1.54) is 17.0 Å². The number of nitriles is 1. The average Bonchev–Trinajstić information content (AvgIpc) is 2.39. The molecule has 2 rings (SSSR count). The summed E-state index contributed by atoms with van der Waals surface area (Å²) in [4.78, 5) is 1.31. The van der Waals surface area contributed by atoms with Gasteiger partial charge in [-0.2, -0.15) is 5.26 Å². The first-order valence-electron chi connectivity index (χ1n) is 4.94. The first-order valence-corrected chi connectivity index (χ1v) is 4.94. The van der Waals surface area contributed by atoms with Crippen LogP contribution < -0.4 is 4.90 Å². The number of halogens is 1. The van der Waals surface area contributed by atoms with Crippen molar-refractivity contribution in [2.45, 2.75) is 0 Å². The molecule has 0 atom stereocenters. The lowest BCUT2D eigenvalue weighted by Gasteiger charge is -2.06. The lowest BCUT2D eigenvalue weighted by molar-refractivity contribution is 0.628. The summed E-state index contributed by atoms with van der Waals surface area (Å²) in [6.07, 6.45) is 1.93. The molecule has 17 heavy (non-hydrogen) atoms. The molecule has 84 valence electrons. The van der Waals surface area contributed by atoms with E-state index in [-0.39, 0.29) is 5.82 Å². The summed E-state index contributed by atoms with van der Waals surface area (Å²) in [5.74, 6) is 0.181. The summed E-state index contributed by atoms with van der Waals surface area (Å²) in [7, 11) is 1.60. The standard InChI is InChI=1S/C12H9FN4/c1-17(8-14)12-7-6-11(15-16-12)9-2-4-10(13)5-3-9/h2-7H,1H3. The molecule has 0 aliphatic carbocycles. The molecular weight excluding hydrogens is 219 g/mol. The monoisotopic (exact) mass is 228 g/mol. The molecule has 0 N–H and O–H groups in total. The highest BCUT2D eigenvalue weighted by Crippen LogP contribution is 2.18. The van der Waals surface area contributed by atoms with Crippen LogP contribution in [0.1, 0.15) is 0 Å². The molecule has 1 aromatic carbocycles. The molecule has 0 saturated carbocycles. The van der Waals surface area contributed by atoms with Crippen molar-refractivity contribution in [1.29, 1.82) is 5.26 Å². The summed E-state index contributed by atoms with van der Waals surface area (Å²) < 4.78 is 12.7. The summed E-state index contributed by atoms with van der Waals surface area (Å²) in [5.41, 5.74) is 1.42. The first kappa shape index (κ1) is 11.0. The Hall–Kier alpha value is -2.48. The summed E-state index contributed by atoms with van der Waals surface area (Å²) in [5, 5.41) is 16.6. The highest BCUT2D eigenvalue weighted by molar-refractivity contribution is 5.59. The maximum Gasteiger partial charge on any atom is 0.185 e. The van der Waals surface area contributed by atoms with E-state index in [1.807, 2.05) is 6.19 Å². The van der Waals surface area contributed by atoms with Gasteiger partial charge in [0.15, 0.2) is 12.0 Å². The predicted octanol–water partition coefficient (Wildman–Crippen LogP) is 2.20. The molecule has 0 radical (unpaired) electrons. The Labute approximate surface area is 97.9 Å². The minimum absolute atomic E-state index is 0.289. The second-order valence-electron chi connectivity index (χ2n) is 3.44. The van der Waals surface area contributed by atoms with Crippen LogP contribution in [0.15, 0.2) is 36.4 Å². The Morgan fingerprint density at radius 2 is 1.82 bits per heavy atom. The van der Waals surface area contributed by atoms with E-state index >= 15 is 0 Å². The van der Waals surface area contributed by atoms with Gasteiger partial charge in [-0.3, -0.25) is 4.90 Å². The molecule has 0 bridgehead atoms. The van der Waals surface area contributed by atoms with Crippen LogP contribution in [0.25, 0.3) is 11.3 Å². The van der Waals surface area contributed by atoms with Crippen LogP contribution >= 0.6 is 0 Å². The molecule has 0 aliphatic rings. The van der Waals surface area contributed by atoms with Crippen LogP contribution in [-0.4, -0.2) is 17.2 Å². The van der Waals surface area contributed by atoms with Crippen molar-refractivity contribution in [2.75, 3.05) is 11.9 Å². The van der Waals surface area contributed by atoms with Crippen molar-refractivity contribution in [3.8, 4) is 17.5 Å². The quantitative estimate of drug-likeness (QED) is 0.584. The van der Waals surface area contributed by atoms with Gasteiger partial charge < -0.3 is 0 Å². The van der Waals surface area contributed by atoms with Gasteiger partial charge in [-0.1, -0.05) is 0 Å². The van der Waals surface area contributed by atoms with Gasteiger partial charge in [-0.15, -0.1) is 10.2 Å². The van der Waals surface area contributed by atoms with Crippen molar-refractivity contribution in [3.63, 3.8) is 0 Å². The van der Waals surface area contributed by atoms with Gasteiger partial charge in [0.25, 0.3) is 0 Å². The molecule has 0 aliphatic heterocycles. The van der Waals surface area contributed by atoms with Gasteiger partial charge in [0.1, 0.15) is 5.82 Å². The molecule has 0 unspecified atom stereocenters. The van der Waals surface area contributed by atoms with Crippen molar-refractivity contribution < 1.29 is 4.39 Å². The van der Waals surface area contributed by atoms with Gasteiger partial charge in [-0.25, -0.2) is 4.39 Å². The van der Waals surface area contributed by atoms with Crippen molar-refractivity contribution in [1.82, 2.24) is 10.2 Å². The molecule has 2 aromatic rings. The SMILES string of the molecule is CN(C#N)c1ccc(-c2ccc(F)cc2)nn1. The van der Waals surface area contributed by atoms with Gasteiger partial charge >= 0.3 is 0 Å². The second-order valence-corrected chi connectivity index (χ2v) is 3.44. The Bertz CT molecular complexity index is 542. The molecule has 0 fully saturated rings. The lowest BCUT2D eigenvalue weighted by Crippen LogP contribution is -2.10. The van der Waals surface area contributed by atoms with Crippen LogP contribution in [0.2, 0.25) is 0 Å². The zero-order valence-electron chi connectivity index (χ0n) is 9.13. The smallest absolute Gasteiger partial charge is 0.185 e. The minimum Gasteiger partial charge on any atom is -0.265 e. The summed E-state index contributed by atoms with van der Waals surface area (Å²) >= 11 is 0. The molecule has 5 heteroatoms. The highest BCUT2D eigenvalue weighted by atomic mass is 19.1. The van der Waals surface area contributed by atoms with Crippen LogP contribution in [0.5, 0.6) is 0 Å². The highest BCUT2D eigenvalue weighted by Gasteiger charge is 2.04. The number of aromatic nitrogens is 2.